The third-order valence-electron chi connectivity index (χ3n) is 6.99. The average molecular weight is 422 g/mol. The lowest BCUT2D eigenvalue weighted by atomic mass is 9.87. The minimum Gasteiger partial charge on any atom is -0.477 e. The molecule has 31 heavy (non-hydrogen) atoms. The van der Waals surface area contributed by atoms with Crippen molar-refractivity contribution >= 4 is 11.8 Å². The fraction of sp³-hybridized carbons (Fsp3) is 0.640. The van der Waals surface area contributed by atoms with Gasteiger partial charge in [0.05, 0.1) is 12.2 Å². The summed E-state index contributed by atoms with van der Waals surface area (Å²) in [6, 6.07) is 4.72. The number of aromatic nitrogens is 3. The molecule has 0 atom stereocenters. The second-order valence-electron chi connectivity index (χ2n) is 9.72. The summed E-state index contributed by atoms with van der Waals surface area (Å²) in [5.41, 5.74) is 1.95. The molecule has 2 aromatic rings. The van der Waals surface area contributed by atoms with E-state index < -0.39 is 0 Å². The minimum atomic E-state index is 0.462. The molecule has 1 saturated heterocycles. The first-order chi connectivity index (χ1) is 15.2. The number of rotatable bonds is 7. The number of ether oxygens (including phenoxy) is 1. The molecule has 0 radical (unpaired) electrons. The van der Waals surface area contributed by atoms with Gasteiger partial charge in [-0.05, 0) is 81.8 Å². The number of piperidine rings is 1. The van der Waals surface area contributed by atoms with Gasteiger partial charge in [0, 0.05) is 37.1 Å². The third-order valence-corrected chi connectivity index (χ3v) is 6.99. The zero-order valence-electron chi connectivity index (χ0n) is 18.7. The Morgan fingerprint density at radius 2 is 1.77 bits per heavy atom. The molecule has 0 amide bonds. The van der Waals surface area contributed by atoms with Crippen molar-refractivity contribution in [1.29, 1.82) is 0 Å². The molecular weight excluding hydrogens is 386 g/mol. The molecule has 0 bridgehead atoms. The highest BCUT2D eigenvalue weighted by atomic mass is 16.5. The van der Waals surface area contributed by atoms with Crippen molar-refractivity contribution in [2.24, 2.45) is 11.8 Å². The molecule has 2 aliphatic carbocycles. The van der Waals surface area contributed by atoms with Crippen molar-refractivity contribution < 1.29 is 4.74 Å². The summed E-state index contributed by atoms with van der Waals surface area (Å²) in [7, 11) is 0. The van der Waals surface area contributed by atoms with Crippen LogP contribution in [-0.4, -0.2) is 40.7 Å². The Kier molecular flexibility index (Phi) is 6.23. The second-order valence-corrected chi connectivity index (χ2v) is 9.72. The SMILES string of the molecule is C[C@H]1CC[C@H](Nc2ncc(-c3ccc(N4CCCCC4)nc3)c(OCC3CC3)n2)CC1. The molecule has 166 valence electrons. The van der Waals surface area contributed by atoms with Crippen molar-refractivity contribution in [1.82, 2.24) is 15.0 Å². The Bertz CT molecular complexity index is 853. The largest absolute Gasteiger partial charge is 0.477 e. The van der Waals surface area contributed by atoms with Crippen LogP contribution in [0.3, 0.4) is 0 Å². The van der Waals surface area contributed by atoms with Crippen molar-refractivity contribution in [2.75, 3.05) is 29.9 Å². The Hall–Kier alpha value is -2.37. The van der Waals surface area contributed by atoms with Gasteiger partial charge in [0.1, 0.15) is 5.82 Å². The molecule has 3 fully saturated rings. The Morgan fingerprint density at radius 3 is 2.48 bits per heavy atom. The molecular formula is C25H35N5O. The zero-order valence-corrected chi connectivity index (χ0v) is 18.7. The monoisotopic (exact) mass is 421 g/mol. The second kappa shape index (κ2) is 9.41. The van der Waals surface area contributed by atoms with Crippen LogP contribution in [0.2, 0.25) is 0 Å². The topological polar surface area (TPSA) is 63.2 Å². The van der Waals surface area contributed by atoms with Crippen molar-refractivity contribution in [3.63, 3.8) is 0 Å². The maximum absolute atomic E-state index is 6.18. The summed E-state index contributed by atoms with van der Waals surface area (Å²) in [5, 5.41) is 3.55. The van der Waals surface area contributed by atoms with E-state index in [9.17, 15) is 0 Å². The molecule has 3 heterocycles. The summed E-state index contributed by atoms with van der Waals surface area (Å²) in [5.74, 6) is 3.94. The van der Waals surface area contributed by atoms with Crippen LogP contribution >= 0.6 is 0 Å². The molecule has 3 aliphatic rings. The lowest BCUT2D eigenvalue weighted by molar-refractivity contribution is 0.289. The van der Waals surface area contributed by atoms with Gasteiger partial charge in [-0.15, -0.1) is 0 Å². The number of nitrogens with one attached hydrogen (secondary N) is 1. The van der Waals surface area contributed by atoms with Crippen molar-refractivity contribution in [3.05, 3.63) is 24.5 Å². The van der Waals surface area contributed by atoms with Crippen molar-refractivity contribution in [2.45, 2.75) is 70.8 Å². The van der Waals surface area contributed by atoms with Gasteiger partial charge in [-0.2, -0.15) is 4.98 Å². The van der Waals surface area contributed by atoms with Gasteiger partial charge in [0.25, 0.3) is 0 Å². The standard InChI is InChI=1S/C25H35N5O/c1-18-5-10-21(11-6-18)28-25-27-16-22(24(29-25)31-17-19-7-8-19)20-9-12-23(26-15-20)30-13-3-2-4-14-30/h9,12,15-16,18-19,21H,2-8,10-11,13-14,17H2,1H3,(H,27,28,29)/t18-,21-. The summed E-state index contributed by atoms with van der Waals surface area (Å²) in [4.78, 5) is 16.6. The minimum absolute atomic E-state index is 0.462. The molecule has 1 aliphatic heterocycles. The molecule has 2 aromatic heterocycles. The van der Waals surface area contributed by atoms with E-state index in [4.69, 9.17) is 14.7 Å². The lowest BCUT2D eigenvalue weighted by Crippen LogP contribution is -2.29. The predicted molar refractivity (Wildman–Crippen MR) is 125 cm³/mol. The van der Waals surface area contributed by atoms with Gasteiger partial charge in [-0.25, -0.2) is 9.97 Å². The van der Waals surface area contributed by atoms with Gasteiger partial charge < -0.3 is 15.0 Å². The van der Waals surface area contributed by atoms with E-state index in [0.29, 0.717) is 23.8 Å². The number of hydrogen-bond donors (Lipinski definition) is 1. The summed E-state index contributed by atoms with van der Waals surface area (Å²) in [6.07, 6.45) is 15.1. The Balaban J connectivity index is 1.33. The molecule has 0 unspecified atom stereocenters. The Labute approximate surface area is 185 Å². The van der Waals surface area contributed by atoms with E-state index in [1.54, 1.807) is 0 Å². The van der Waals surface area contributed by atoms with Gasteiger partial charge in [0.2, 0.25) is 11.8 Å². The normalized spacial score (nSPS) is 24.1. The fourth-order valence-corrected chi connectivity index (χ4v) is 4.67. The molecule has 1 N–H and O–H groups in total. The van der Waals surface area contributed by atoms with Gasteiger partial charge in [-0.3, -0.25) is 0 Å². The van der Waals surface area contributed by atoms with Crippen LogP contribution in [0.15, 0.2) is 24.5 Å². The van der Waals surface area contributed by atoms with E-state index in [0.717, 1.165) is 42.6 Å². The van der Waals surface area contributed by atoms with E-state index >= 15 is 0 Å². The first kappa shape index (κ1) is 20.5. The predicted octanol–water partition coefficient (Wildman–Crippen LogP) is 5.31. The van der Waals surface area contributed by atoms with Gasteiger partial charge >= 0.3 is 0 Å². The highest BCUT2D eigenvalue weighted by Gasteiger charge is 2.24. The molecule has 2 saturated carbocycles. The number of pyridine rings is 1. The third kappa shape index (κ3) is 5.28. The van der Waals surface area contributed by atoms with Gasteiger partial charge in [-0.1, -0.05) is 6.92 Å². The number of anilines is 2. The van der Waals surface area contributed by atoms with Crippen molar-refractivity contribution in [3.8, 4) is 17.0 Å². The molecule has 6 heteroatoms. The quantitative estimate of drug-likeness (QED) is 0.654. The smallest absolute Gasteiger partial charge is 0.226 e. The lowest BCUT2D eigenvalue weighted by Gasteiger charge is -2.27. The maximum Gasteiger partial charge on any atom is 0.226 e. The molecule has 0 aromatic carbocycles. The van der Waals surface area contributed by atoms with E-state index in [-0.39, 0.29) is 0 Å². The van der Waals surface area contributed by atoms with Crippen LogP contribution in [0, 0.1) is 11.8 Å². The van der Waals surface area contributed by atoms with Crippen LogP contribution in [0.25, 0.3) is 11.1 Å². The van der Waals surface area contributed by atoms with E-state index in [2.05, 4.69) is 34.3 Å². The van der Waals surface area contributed by atoms with Crippen LogP contribution in [0.4, 0.5) is 11.8 Å². The Morgan fingerprint density at radius 1 is 0.968 bits per heavy atom. The van der Waals surface area contributed by atoms with E-state index in [1.807, 2.05) is 12.4 Å². The summed E-state index contributed by atoms with van der Waals surface area (Å²) in [6.45, 7) is 5.29. The first-order valence-electron chi connectivity index (χ1n) is 12.2. The average Bonchev–Trinajstić information content (AvgIpc) is 3.65. The number of nitrogens with zero attached hydrogens (tertiary/aromatic N) is 4. The first-order valence-corrected chi connectivity index (χ1v) is 12.2. The highest BCUT2D eigenvalue weighted by Crippen LogP contribution is 2.34. The zero-order chi connectivity index (χ0) is 21.0. The fourth-order valence-electron chi connectivity index (χ4n) is 4.67. The molecule has 5 rings (SSSR count). The van der Waals surface area contributed by atoms with E-state index in [1.165, 1.54) is 57.8 Å². The van der Waals surface area contributed by atoms with Gasteiger partial charge in [0.15, 0.2) is 0 Å². The summed E-state index contributed by atoms with van der Waals surface area (Å²) < 4.78 is 6.18. The highest BCUT2D eigenvalue weighted by molar-refractivity contribution is 5.68. The number of hydrogen-bond acceptors (Lipinski definition) is 6. The maximum atomic E-state index is 6.18. The van der Waals surface area contributed by atoms with Crippen LogP contribution in [0.5, 0.6) is 5.88 Å². The molecule has 0 spiro atoms. The van der Waals surface area contributed by atoms with Crippen LogP contribution in [-0.2, 0) is 0 Å². The molecule has 6 nitrogen and oxygen atoms in total. The van der Waals surface area contributed by atoms with Crippen LogP contribution < -0.4 is 15.0 Å². The van der Waals surface area contributed by atoms with Crippen LogP contribution in [0.1, 0.15) is 64.7 Å². The summed E-state index contributed by atoms with van der Waals surface area (Å²) >= 11 is 0.